The molecule has 0 aromatic heterocycles. The van der Waals surface area contributed by atoms with Gasteiger partial charge in [0.25, 0.3) is 0 Å². The Morgan fingerprint density at radius 1 is 1.32 bits per heavy atom. The summed E-state index contributed by atoms with van der Waals surface area (Å²) in [5.74, 6) is 1.17. The number of hydrogen-bond donors (Lipinski definition) is 1. The van der Waals surface area contributed by atoms with Gasteiger partial charge in [-0.05, 0) is 39.9 Å². The first-order chi connectivity index (χ1) is 8.04. The van der Waals surface area contributed by atoms with E-state index in [1.807, 2.05) is 18.9 Å². The standard InChI is InChI=1S/C13H27N3O.2ClH/c1-11(9-14-2)13(17)16-7-5-12(6-8-16)10-15(3)4;;/h11-12,14H,5-10H2,1-4H3;2*1H. The average molecular weight is 314 g/mol. The third-order valence-electron chi connectivity index (χ3n) is 3.48. The van der Waals surface area contributed by atoms with Gasteiger partial charge in [0, 0.05) is 32.1 Å². The molecule has 1 atom stereocenters. The molecule has 1 N–H and O–H groups in total. The molecule has 19 heavy (non-hydrogen) atoms. The summed E-state index contributed by atoms with van der Waals surface area (Å²) in [5, 5.41) is 3.07. The maximum atomic E-state index is 12.1. The highest BCUT2D eigenvalue weighted by Gasteiger charge is 2.25. The number of amides is 1. The highest BCUT2D eigenvalue weighted by molar-refractivity contribution is 5.85. The van der Waals surface area contributed by atoms with Gasteiger partial charge in [-0.1, -0.05) is 6.92 Å². The van der Waals surface area contributed by atoms with Gasteiger partial charge in [0.15, 0.2) is 0 Å². The monoisotopic (exact) mass is 313 g/mol. The molecule has 0 bridgehead atoms. The Balaban J connectivity index is 0. The van der Waals surface area contributed by atoms with Crippen LogP contribution < -0.4 is 5.32 Å². The summed E-state index contributed by atoms with van der Waals surface area (Å²) in [5.41, 5.74) is 0. The fraction of sp³-hybridized carbons (Fsp3) is 0.923. The van der Waals surface area contributed by atoms with Crippen LogP contribution in [0.15, 0.2) is 0 Å². The lowest BCUT2D eigenvalue weighted by atomic mass is 9.95. The molecule has 1 aliphatic heterocycles. The second kappa shape index (κ2) is 10.7. The van der Waals surface area contributed by atoms with Gasteiger partial charge in [0.05, 0.1) is 0 Å². The lowest BCUT2D eigenvalue weighted by Crippen LogP contribution is -2.44. The number of hydrogen-bond acceptors (Lipinski definition) is 3. The Labute approximate surface area is 130 Å². The molecule has 0 aliphatic carbocycles. The largest absolute Gasteiger partial charge is 0.342 e. The fourth-order valence-corrected chi connectivity index (χ4v) is 2.56. The maximum Gasteiger partial charge on any atom is 0.226 e. The van der Waals surface area contributed by atoms with Crippen LogP contribution in [0.1, 0.15) is 19.8 Å². The van der Waals surface area contributed by atoms with Crippen molar-refractivity contribution in [1.29, 1.82) is 0 Å². The van der Waals surface area contributed by atoms with Crippen LogP contribution in [0.25, 0.3) is 0 Å². The van der Waals surface area contributed by atoms with Crippen molar-refractivity contribution < 1.29 is 4.79 Å². The van der Waals surface area contributed by atoms with E-state index in [4.69, 9.17) is 0 Å². The van der Waals surface area contributed by atoms with Crippen LogP contribution >= 0.6 is 24.8 Å². The highest BCUT2D eigenvalue weighted by atomic mass is 35.5. The van der Waals surface area contributed by atoms with E-state index in [0.717, 1.165) is 44.9 Å². The number of rotatable bonds is 5. The third-order valence-corrected chi connectivity index (χ3v) is 3.48. The first-order valence-electron chi connectivity index (χ1n) is 6.62. The zero-order valence-corrected chi connectivity index (χ0v) is 14.1. The molecule has 0 spiro atoms. The molecule has 1 amide bonds. The number of piperidine rings is 1. The van der Waals surface area contributed by atoms with E-state index in [9.17, 15) is 4.79 Å². The average Bonchev–Trinajstić information content (AvgIpc) is 2.28. The van der Waals surface area contributed by atoms with Gasteiger partial charge >= 0.3 is 0 Å². The quantitative estimate of drug-likeness (QED) is 0.835. The number of halogens is 2. The van der Waals surface area contributed by atoms with E-state index in [1.165, 1.54) is 0 Å². The molecule has 1 heterocycles. The van der Waals surface area contributed by atoms with Crippen LogP contribution in [0.5, 0.6) is 0 Å². The normalized spacial score (nSPS) is 17.6. The molecule has 4 nitrogen and oxygen atoms in total. The van der Waals surface area contributed by atoms with Crippen LogP contribution in [0, 0.1) is 11.8 Å². The first kappa shape index (κ1) is 21.3. The van der Waals surface area contributed by atoms with Gasteiger partial charge in [-0.25, -0.2) is 0 Å². The van der Waals surface area contributed by atoms with E-state index in [1.54, 1.807) is 0 Å². The topological polar surface area (TPSA) is 35.6 Å². The van der Waals surface area contributed by atoms with Crippen molar-refractivity contribution in [3.8, 4) is 0 Å². The lowest BCUT2D eigenvalue weighted by molar-refractivity contribution is -0.136. The molecule has 0 saturated carbocycles. The molecule has 1 saturated heterocycles. The number of likely N-dealkylation sites (tertiary alicyclic amines) is 1. The lowest BCUT2D eigenvalue weighted by Gasteiger charge is -2.34. The minimum absolute atomic E-state index is 0. The van der Waals surface area contributed by atoms with Crippen molar-refractivity contribution >= 4 is 30.7 Å². The zero-order valence-electron chi connectivity index (χ0n) is 12.5. The van der Waals surface area contributed by atoms with E-state index < -0.39 is 0 Å². The van der Waals surface area contributed by atoms with E-state index in [2.05, 4.69) is 24.3 Å². The summed E-state index contributed by atoms with van der Waals surface area (Å²) >= 11 is 0. The molecule has 0 radical (unpaired) electrons. The van der Waals surface area contributed by atoms with Crippen LogP contribution in [0.4, 0.5) is 0 Å². The van der Waals surface area contributed by atoms with Gasteiger partial charge in [-0.2, -0.15) is 0 Å². The Hall–Kier alpha value is -0.0300. The molecule has 1 rings (SSSR count). The van der Waals surface area contributed by atoms with E-state index in [-0.39, 0.29) is 30.7 Å². The van der Waals surface area contributed by atoms with Crippen LogP contribution in [0.3, 0.4) is 0 Å². The van der Waals surface area contributed by atoms with Crippen molar-refractivity contribution in [1.82, 2.24) is 15.1 Å². The predicted octanol–water partition coefficient (Wildman–Crippen LogP) is 1.49. The Morgan fingerprint density at radius 3 is 2.26 bits per heavy atom. The summed E-state index contributed by atoms with van der Waals surface area (Å²) in [7, 11) is 6.13. The Kier molecular flexibility index (Phi) is 12.0. The molecular weight excluding hydrogens is 285 g/mol. The van der Waals surface area contributed by atoms with E-state index >= 15 is 0 Å². The molecule has 6 heteroatoms. The predicted molar refractivity (Wildman–Crippen MR) is 85.4 cm³/mol. The molecular formula is C13H29Cl2N3O. The zero-order chi connectivity index (χ0) is 12.8. The summed E-state index contributed by atoms with van der Waals surface area (Å²) in [6.45, 7) is 5.80. The first-order valence-corrected chi connectivity index (χ1v) is 6.62. The van der Waals surface area contributed by atoms with Crippen molar-refractivity contribution in [2.24, 2.45) is 11.8 Å². The van der Waals surface area contributed by atoms with Crippen LogP contribution in [-0.2, 0) is 4.79 Å². The summed E-state index contributed by atoms with van der Waals surface area (Å²) < 4.78 is 0. The highest BCUT2D eigenvalue weighted by Crippen LogP contribution is 2.19. The minimum Gasteiger partial charge on any atom is -0.342 e. The van der Waals surface area contributed by atoms with E-state index in [0.29, 0.717) is 5.91 Å². The summed E-state index contributed by atoms with van der Waals surface area (Å²) in [6.07, 6.45) is 2.30. The fourth-order valence-electron chi connectivity index (χ4n) is 2.56. The van der Waals surface area contributed by atoms with Crippen molar-refractivity contribution in [2.75, 3.05) is 47.3 Å². The third kappa shape index (κ3) is 7.35. The number of nitrogens with one attached hydrogen (secondary N) is 1. The molecule has 116 valence electrons. The van der Waals surface area contributed by atoms with Gasteiger partial charge in [-0.3, -0.25) is 4.79 Å². The molecule has 1 fully saturated rings. The van der Waals surface area contributed by atoms with Crippen LogP contribution in [0.2, 0.25) is 0 Å². The van der Waals surface area contributed by atoms with Crippen LogP contribution in [-0.4, -0.2) is 63.0 Å². The smallest absolute Gasteiger partial charge is 0.226 e. The minimum atomic E-state index is 0. The number of carbonyl (C=O) groups is 1. The Morgan fingerprint density at radius 2 is 1.84 bits per heavy atom. The SMILES string of the molecule is CNCC(C)C(=O)N1CCC(CN(C)C)CC1.Cl.Cl. The summed E-state index contributed by atoms with van der Waals surface area (Å²) in [4.78, 5) is 16.4. The van der Waals surface area contributed by atoms with Crippen molar-refractivity contribution in [3.63, 3.8) is 0 Å². The molecule has 1 unspecified atom stereocenters. The van der Waals surface area contributed by atoms with Crippen molar-refractivity contribution in [3.05, 3.63) is 0 Å². The number of nitrogens with zero attached hydrogens (tertiary/aromatic N) is 2. The van der Waals surface area contributed by atoms with Gasteiger partial charge < -0.3 is 15.1 Å². The Bertz CT molecular complexity index is 244. The number of carbonyl (C=O) groups excluding carboxylic acids is 1. The molecule has 1 aliphatic rings. The van der Waals surface area contributed by atoms with Crippen molar-refractivity contribution in [2.45, 2.75) is 19.8 Å². The van der Waals surface area contributed by atoms with Gasteiger partial charge in [0.2, 0.25) is 5.91 Å². The second-order valence-corrected chi connectivity index (χ2v) is 5.49. The molecule has 0 aromatic carbocycles. The summed E-state index contributed by atoms with van der Waals surface area (Å²) in [6, 6.07) is 0. The van der Waals surface area contributed by atoms with Gasteiger partial charge in [0.1, 0.15) is 0 Å². The maximum absolute atomic E-state index is 12.1. The van der Waals surface area contributed by atoms with Gasteiger partial charge in [-0.15, -0.1) is 24.8 Å². The molecule has 0 aromatic rings. The second-order valence-electron chi connectivity index (χ2n) is 5.49.